The number of hydrogen-bond donors (Lipinski definition) is 0. The molecule has 0 spiro atoms. The van der Waals surface area contributed by atoms with Gasteiger partial charge in [-0.15, -0.1) is 0 Å². The third kappa shape index (κ3) is 5.25. The molecule has 8 fully saturated rings. The maximum Gasteiger partial charge on any atom is 0.0320 e. The van der Waals surface area contributed by atoms with Gasteiger partial charge in [-0.25, -0.2) is 0 Å². The van der Waals surface area contributed by atoms with Crippen molar-refractivity contribution in [2.75, 3.05) is 0 Å². The molecule has 366 valence electrons. The average Bonchev–Trinajstić information content (AvgIpc) is 3.81. The van der Waals surface area contributed by atoms with Crippen LogP contribution in [0.5, 0.6) is 0 Å². The van der Waals surface area contributed by atoms with Crippen LogP contribution in [0.4, 0.5) is 0 Å². The molecule has 0 nitrogen and oxygen atoms in total. The lowest BCUT2D eigenvalue weighted by Crippen LogP contribution is -2.29. The van der Waals surface area contributed by atoms with Gasteiger partial charge in [-0.2, -0.15) is 0 Å². The van der Waals surface area contributed by atoms with Gasteiger partial charge in [0.05, 0.1) is 0 Å². The smallest absolute Gasteiger partial charge is 0.0320 e. The maximum absolute atomic E-state index is 3.09. The van der Waals surface area contributed by atoms with Crippen molar-refractivity contribution in [3.05, 3.63) is 126 Å². The third-order valence-corrected chi connectivity index (χ3v) is 25.7. The van der Waals surface area contributed by atoms with E-state index in [1.54, 1.807) is 33.0 Å². The number of aryl methyl sites for hydroxylation is 4. The van der Waals surface area contributed by atoms with E-state index in [1.165, 1.54) is 152 Å². The molecule has 18 aliphatic rings. The number of fused-ring (bicyclic) bond motifs is 2. The molecule has 0 saturated heterocycles. The van der Waals surface area contributed by atoms with E-state index in [2.05, 4.69) is 70.2 Å². The summed E-state index contributed by atoms with van der Waals surface area (Å²) in [6.07, 6.45) is 30.7. The molecule has 9 atom stereocenters. The molecule has 0 aromatic heterocycles. The Morgan fingerprint density at radius 2 is 0.847 bits per heavy atom. The Bertz CT molecular complexity index is 3340. The first-order valence-electron chi connectivity index (χ1n) is 31.0. The van der Waals surface area contributed by atoms with Gasteiger partial charge in [0, 0.05) is 5.92 Å². The summed E-state index contributed by atoms with van der Waals surface area (Å²) in [6.45, 7) is 10.0. The van der Waals surface area contributed by atoms with Crippen LogP contribution in [0.15, 0.2) is 53.6 Å². The summed E-state index contributed by atoms with van der Waals surface area (Å²) in [4.78, 5) is 0. The first-order valence-corrected chi connectivity index (χ1v) is 31.0. The molecule has 8 saturated carbocycles. The van der Waals surface area contributed by atoms with Crippen molar-refractivity contribution < 1.29 is 0 Å². The van der Waals surface area contributed by atoms with Crippen molar-refractivity contribution in [3.8, 4) is 11.1 Å². The fraction of sp³-hybridized carbons (Fsp3) is 0.583. The van der Waals surface area contributed by atoms with Gasteiger partial charge < -0.3 is 0 Å². The molecule has 0 heterocycles. The molecule has 0 aliphatic heterocycles. The van der Waals surface area contributed by atoms with Gasteiger partial charge in [0.25, 0.3) is 0 Å². The van der Waals surface area contributed by atoms with Crippen LogP contribution < -0.4 is 0 Å². The first kappa shape index (κ1) is 41.4. The minimum Gasteiger partial charge on any atom is -0.0617 e. The van der Waals surface area contributed by atoms with Gasteiger partial charge in [-0.05, 0) is 374 Å². The Morgan fingerprint density at radius 1 is 0.347 bits per heavy atom. The maximum atomic E-state index is 3.09. The molecule has 16 bridgehead atoms. The van der Waals surface area contributed by atoms with Crippen molar-refractivity contribution >= 4 is 32.7 Å². The SMILES string of the molecule is Cc1ccc(C)c(C2C3=C(c4c5c(cc6c4c2c2c4c(c7c(c(-c8c(C)cccc8C)c46)C4CC6CC(CC7C6)C4)C4=C(C2)C2CC6CC(C2)CC4C6)C2CC4CC(C2)CC5C4)C2CC4CC(C2)CC3C4)c1. The van der Waals surface area contributed by atoms with Crippen LogP contribution in [0, 0.1) is 98.7 Å². The lowest BCUT2D eigenvalue weighted by Gasteiger charge is -2.43. The van der Waals surface area contributed by atoms with Gasteiger partial charge in [-0.1, -0.05) is 53.1 Å². The summed E-state index contributed by atoms with van der Waals surface area (Å²) >= 11 is 0. The fourth-order valence-corrected chi connectivity index (χ4v) is 24.4. The van der Waals surface area contributed by atoms with Crippen molar-refractivity contribution in [3.63, 3.8) is 0 Å². The highest BCUT2D eigenvalue weighted by atomic mass is 14.6. The summed E-state index contributed by atoms with van der Waals surface area (Å²) in [6, 6.07) is 18.3. The van der Waals surface area contributed by atoms with E-state index in [9.17, 15) is 0 Å². The van der Waals surface area contributed by atoms with E-state index in [0.717, 1.165) is 82.9 Å². The van der Waals surface area contributed by atoms with E-state index >= 15 is 0 Å². The van der Waals surface area contributed by atoms with Crippen molar-refractivity contribution in [1.29, 1.82) is 0 Å². The third-order valence-electron chi connectivity index (χ3n) is 25.7. The number of allylic oxidation sites excluding steroid dienone is 4. The highest BCUT2D eigenvalue weighted by molar-refractivity contribution is 6.25. The predicted octanol–water partition coefficient (Wildman–Crippen LogP) is 18.8. The molecule has 18 aliphatic carbocycles. The normalized spacial score (nSPS) is 40.2. The molecule has 0 N–H and O–H groups in total. The molecule has 0 radical (unpaired) electrons. The summed E-state index contributed by atoms with van der Waals surface area (Å²) < 4.78 is 0. The standard InChI is InChI=1S/C72H78/c1-33-8-9-34(2)53(10-33)65-61-49-23-41-13-42(24-49)26-50(25-41)62(61)71-59-47-19-39-12-40(20-47)18-46(17-39)55(59)32-57-67(71)66(65)56-31-54-45-15-37-11-38(16-45)22-48(21-37)60(54)72-64-52-29-43-14-44(30-52)28-51(27-43)63(64)70(68(57)69(56)72)58-35(3)6-5-7-36(58)4/h5-10,32,37-52,65H,11-31H2,1-4H3. The molecule has 0 heteroatoms. The fourth-order valence-electron chi connectivity index (χ4n) is 24.4. The molecule has 9 unspecified atom stereocenters. The monoisotopic (exact) mass is 943 g/mol. The predicted molar refractivity (Wildman–Crippen MR) is 297 cm³/mol. The van der Waals surface area contributed by atoms with Crippen LogP contribution in [-0.4, -0.2) is 0 Å². The van der Waals surface area contributed by atoms with Gasteiger partial charge in [0.2, 0.25) is 0 Å². The summed E-state index contributed by atoms with van der Waals surface area (Å²) in [5, 5.41) is 7.24. The zero-order valence-corrected chi connectivity index (χ0v) is 44.2. The lowest BCUT2D eigenvalue weighted by atomic mass is 9.60. The molecular weight excluding hydrogens is 865 g/mol. The van der Waals surface area contributed by atoms with Crippen LogP contribution in [0.25, 0.3) is 43.8 Å². The Hall–Kier alpha value is -3.90. The first-order chi connectivity index (χ1) is 35.2. The lowest BCUT2D eigenvalue weighted by molar-refractivity contribution is 0.141. The number of benzene rings is 5. The van der Waals surface area contributed by atoms with Crippen LogP contribution in [0.1, 0.15) is 230 Å². The van der Waals surface area contributed by atoms with Crippen LogP contribution >= 0.6 is 0 Å². The van der Waals surface area contributed by atoms with E-state index in [1.807, 2.05) is 77.6 Å². The average molecular weight is 943 g/mol. The Balaban J connectivity index is 1.07. The molecule has 0 amide bonds. The minimum atomic E-state index is 0.372. The van der Waals surface area contributed by atoms with Gasteiger partial charge >= 0.3 is 0 Å². The van der Waals surface area contributed by atoms with Crippen molar-refractivity contribution in [2.45, 2.75) is 192 Å². The van der Waals surface area contributed by atoms with E-state index < -0.39 is 0 Å². The second kappa shape index (κ2) is 14.1. The van der Waals surface area contributed by atoms with Crippen LogP contribution in [0.2, 0.25) is 0 Å². The second-order valence-electron chi connectivity index (χ2n) is 29.7. The van der Waals surface area contributed by atoms with Crippen LogP contribution in [0.3, 0.4) is 0 Å². The molecule has 23 rings (SSSR count). The van der Waals surface area contributed by atoms with Crippen LogP contribution in [-0.2, 0) is 6.42 Å². The minimum absolute atomic E-state index is 0.372. The Labute approximate surface area is 430 Å². The number of hydrogen-bond acceptors (Lipinski definition) is 0. The molecule has 5 aromatic carbocycles. The molecule has 72 heavy (non-hydrogen) atoms. The number of rotatable bonds is 2. The Morgan fingerprint density at radius 3 is 1.46 bits per heavy atom. The summed E-state index contributed by atoms with van der Waals surface area (Å²) in [7, 11) is 0. The van der Waals surface area contributed by atoms with E-state index in [-0.39, 0.29) is 0 Å². The Kier molecular flexibility index (Phi) is 8.11. The van der Waals surface area contributed by atoms with Crippen molar-refractivity contribution in [2.24, 2.45) is 71.0 Å². The van der Waals surface area contributed by atoms with E-state index in [0.29, 0.717) is 17.8 Å². The van der Waals surface area contributed by atoms with Gasteiger partial charge in [-0.3, -0.25) is 0 Å². The molecule has 5 aromatic rings. The second-order valence-corrected chi connectivity index (χ2v) is 29.7. The van der Waals surface area contributed by atoms with Gasteiger partial charge in [0.15, 0.2) is 0 Å². The van der Waals surface area contributed by atoms with Crippen molar-refractivity contribution in [1.82, 2.24) is 0 Å². The quantitative estimate of drug-likeness (QED) is 0.155. The van der Waals surface area contributed by atoms with Gasteiger partial charge in [0.1, 0.15) is 0 Å². The largest absolute Gasteiger partial charge is 0.0617 e. The topological polar surface area (TPSA) is 0 Å². The zero-order chi connectivity index (χ0) is 46.9. The highest BCUT2D eigenvalue weighted by Gasteiger charge is 2.55. The summed E-state index contributed by atoms with van der Waals surface area (Å²) in [5.41, 5.74) is 34.6. The van der Waals surface area contributed by atoms with E-state index in [4.69, 9.17) is 0 Å². The highest BCUT2D eigenvalue weighted by Crippen LogP contribution is 2.71. The summed E-state index contributed by atoms with van der Waals surface area (Å²) in [5.74, 6) is 13.6. The zero-order valence-electron chi connectivity index (χ0n) is 44.2. The molecular formula is C72H78.